The van der Waals surface area contributed by atoms with Crippen molar-refractivity contribution in [1.82, 2.24) is 0 Å². The predicted octanol–water partition coefficient (Wildman–Crippen LogP) is 2.36. The third-order valence-corrected chi connectivity index (χ3v) is 1.95. The van der Waals surface area contributed by atoms with Crippen LogP contribution >= 0.6 is 15.9 Å². The van der Waals surface area contributed by atoms with Crippen LogP contribution < -0.4 is 0 Å². The molecule has 0 aromatic heterocycles. The highest BCUT2D eigenvalue weighted by Crippen LogP contribution is 2.19. The van der Waals surface area contributed by atoms with Gasteiger partial charge in [0.05, 0.1) is 10.4 Å². The van der Waals surface area contributed by atoms with Gasteiger partial charge in [-0.15, -0.1) is 0 Å². The van der Waals surface area contributed by atoms with Gasteiger partial charge in [0.1, 0.15) is 5.75 Å². The van der Waals surface area contributed by atoms with Gasteiger partial charge < -0.3 is 5.11 Å². The third-order valence-electron chi connectivity index (χ3n) is 1.53. The Morgan fingerprint density at radius 2 is 2.08 bits per heavy atom. The molecule has 0 saturated carbocycles. The molecular weight excluding hydrogens is 220 g/mol. The number of carbonyl (C=O) groups is 1. The van der Waals surface area contributed by atoms with Crippen molar-refractivity contribution >= 4 is 21.7 Å². The normalized spacial score (nSPS) is 12.5. The second-order valence-corrected chi connectivity index (χ2v) is 3.87. The van der Waals surface area contributed by atoms with Crippen molar-refractivity contribution in [3.63, 3.8) is 0 Å². The lowest BCUT2D eigenvalue weighted by Crippen LogP contribution is -2.09. The first kappa shape index (κ1) is 9.26. The van der Waals surface area contributed by atoms with Gasteiger partial charge in [0.25, 0.3) is 0 Å². The highest BCUT2D eigenvalue weighted by molar-refractivity contribution is 9.10. The number of aromatic hydroxyl groups is 1. The van der Waals surface area contributed by atoms with Crippen molar-refractivity contribution in [1.29, 1.82) is 0 Å². The van der Waals surface area contributed by atoms with E-state index in [1.54, 1.807) is 25.1 Å². The quantitative estimate of drug-likeness (QED) is 0.624. The Labute approximate surface area is 79.3 Å². The van der Waals surface area contributed by atoms with Crippen molar-refractivity contribution in [3.8, 4) is 5.75 Å². The van der Waals surface area contributed by atoms with Crippen LogP contribution in [0.25, 0.3) is 0 Å². The number of phenolic OH excluding ortho intramolecular Hbond substituents is 1. The molecule has 0 aliphatic heterocycles. The summed E-state index contributed by atoms with van der Waals surface area (Å²) in [5.74, 6) is -0.0677. The predicted molar refractivity (Wildman–Crippen MR) is 50.8 cm³/mol. The number of halogens is 1. The molecule has 0 unspecified atom stereocenters. The molecule has 1 atom stereocenters. The summed E-state index contributed by atoms with van der Waals surface area (Å²) in [6.45, 7) is 1.73. The topological polar surface area (TPSA) is 37.3 Å². The molecule has 0 heterocycles. The fourth-order valence-corrected chi connectivity index (χ4v) is 1.14. The van der Waals surface area contributed by atoms with Gasteiger partial charge in [-0.05, 0) is 19.1 Å². The highest BCUT2D eigenvalue weighted by atomic mass is 79.9. The Balaban J connectivity index is 3.03. The van der Waals surface area contributed by atoms with Gasteiger partial charge in [-0.1, -0.05) is 28.1 Å². The molecule has 0 bridgehead atoms. The van der Waals surface area contributed by atoms with Crippen molar-refractivity contribution in [2.45, 2.75) is 11.8 Å². The summed E-state index contributed by atoms with van der Waals surface area (Å²) in [6, 6.07) is 6.52. The van der Waals surface area contributed by atoms with Crippen LogP contribution in [0.1, 0.15) is 17.3 Å². The maximum atomic E-state index is 11.4. The van der Waals surface area contributed by atoms with Gasteiger partial charge in [0.15, 0.2) is 5.78 Å². The SMILES string of the molecule is C[C@@H](Br)C(=O)c1ccccc1O. The summed E-state index contributed by atoms with van der Waals surface area (Å²) in [5.41, 5.74) is 0.363. The average molecular weight is 229 g/mol. The molecule has 0 amide bonds. The molecule has 0 aliphatic rings. The number of rotatable bonds is 2. The van der Waals surface area contributed by atoms with Crippen LogP contribution in [-0.4, -0.2) is 15.7 Å². The van der Waals surface area contributed by atoms with Gasteiger partial charge in [0.2, 0.25) is 0 Å². The van der Waals surface area contributed by atoms with Gasteiger partial charge in [-0.3, -0.25) is 4.79 Å². The third kappa shape index (κ3) is 1.85. The van der Waals surface area contributed by atoms with E-state index in [0.29, 0.717) is 5.56 Å². The molecule has 0 saturated heterocycles. The standard InChI is InChI=1S/C9H9BrO2/c1-6(10)9(12)7-4-2-3-5-8(7)11/h2-6,11H,1H3/t6-/m1/s1. The highest BCUT2D eigenvalue weighted by Gasteiger charge is 2.14. The summed E-state index contributed by atoms with van der Waals surface area (Å²) in [4.78, 5) is 11.1. The molecule has 0 fully saturated rings. The van der Waals surface area contributed by atoms with Crippen LogP contribution in [-0.2, 0) is 0 Å². The minimum absolute atomic E-state index is 0.0359. The number of Topliss-reactive ketones (excluding diaryl/α,β-unsaturated/α-hetero) is 1. The summed E-state index contributed by atoms with van der Waals surface area (Å²) < 4.78 is 0. The number of para-hydroxylation sites is 1. The average Bonchev–Trinajstić information content (AvgIpc) is 2.04. The lowest BCUT2D eigenvalue weighted by atomic mass is 10.1. The van der Waals surface area contributed by atoms with Crippen LogP contribution in [0.15, 0.2) is 24.3 Å². The lowest BCUT2D eigenvalue weighted by Gasteiger charge is -2.03. The summed E-state index contributed by atoms with van der Waals surface area (Å²) in [7, 11) is 0. The Hall–Kier alpha value is -0.830. The molecule has 1 N–H and O–H groups in total. The van der Waals surface area contributed by atoms with Crippen molar-refractivity contribution in [2.24, 2.45) is 0 Å². The number of hydrogen-bond acceptors (Lipinski definition) is 2. The summed E-state index contributed by atoms with van der Waals surface area (Å²) in [6.07, 6.45) is 0. The van der Waals surface area contributed by atoms with E-state index < -0.39 is 0 Å². The van der Waals surface area contributed by atoms with E-state index >= 15 is 0 Å². The Kier molecular flexibility index (Phi) is 2.87. The van der Waals surface area contributed by atoms with E-state index in [4.69, 9.17) is 0 Å². The number of carbonyl (C=O) groups excluding carboxylic acids is 1. The van der Waals surface area contributed by atoms with Crippen molar-refractivity contribution in [3.05, 3.63) is 29.8 Å². The molecule has 2 nitrogen and oxygen atoms in total. The van der Waals surface area contributed by atoms with Crippen LogP contribution in [0, 0.1) is 0 Å². The molecule has 3 heteroatoms. The zero-order valence-electron chi connectivity index (χ0n) is 6.62. The van der Waals surface area contributed by atoms with Crippen LogP contribution in [0.2, 0.25) is 0 Å². The second kappa shape index (κ2) is 3.72. The second-order valence-electron chi connectivity index (χ2n) is 2.50. The molecule has 1 rings (SSSR count). The number of phenols is 1. The molecule has 0 radical (unpaired) electrons. The van der Waals surface area contributed by atoms with Gasteiger partial charge in [-0.2, -0.15) is 0 Å². The molecule has 1 aromatic rings. The van der Waals surface area contributed by atoms with Crippen molar-refractivity contribution < 1.29 is 9.90 Å². The van der Waals surface area contributed by atoms with Crippen LogP contribution in [0.4, 0.5) is 0 Å². The summed E-state index contributed by atoms with van der Waals surface area (Å²) in [5, 5.41) is 9.29. The van der Waals surface area contributed by atoms with Gasteiger partial charge >= 0.3 is 0 Å². The van der Waals surface area contributed by atoms with E-state index in [1.807, 2.05) is 0 Å². The molecule has 0 aliphatic carbocycles. The Morgan fingerprint density at radius 3 is 2.58 bits per heavy atom. The Bertz CT molecular complexity index is 294. The number of hydrogen-bond donors (Lipinski definition) is 1. The van der Waals surface area contributed by atoms with E-state index in [-0.39, 0.29) is 16.4 Å². The Morgan fingerprint density at radius 1 is 1.50 bits per heavy atom. The van der Waals surface area contributed by atoms with E-state index in [2.05, 4.69) is 15.9 Å². The molecule has 0 spiro atoms. The lowest BCUT2D eigenvalue weighted by molar-refractivity contribution is 0.0993. The largest absolute Gasteiger partial charge is 0.507 e. The van der Waals surface area contributed by atoms with Crippen molar-refractivity contribution in [2.75, 3.05) is 0 Å². The van der Waals surface area contributed by atoms with E-state index in [1.165, 1.54) is 6.07 Å². The minimum Gasteiger partial charge on any atom is -0.507 e. The molecule has 1 aromatic carbocycles. The fraction of sp³-hybridized carbons (Fsp3) is 0.222. The summed E-state index contributed by atoms with van der Waals surface area (Å²) >= 11 is 3.15. The smallest absolute Gasteiger partial charge is 0.179 e. The zero-order chi connectivity index (χ0) is 9.14. The maximum Gasteiger partial charge on any atom is 0.179 e. The first-order valence-electron chi connectivity index (χ1n) is 3.59. The van der Waals surface area contributed by atoms with Crippen LogP contribution in [0.3, 0.4) is 0 Å². The van der Waals surface area contributed by atoms with Gasteiger partial charge in [0, 0.05) is 0 Å². The fourth-order valence-electron chi connectivity index (χ4n) is 0.896. The molecular formula is C9H9BrO2. The van der Waals surface area contributed by atoms with E-state index in [0.717, 1.165) is 0 Å². The first-order valence-corrected chi connectivity index (χ1v) is 4.51. The molecule has 64 valence electrons. The zero-order valence-corrected chi connectivity index (χ0v) is 8.21. The van der Waals surface area contributed by atoms with Crippen LogP contribution in [0.5, 0.6) is 5.75 Å². The molecule has 12 heavy (non-hydrogen) atoms. The van der Waals surface area contributed by atoms with Gasteiger partial charge in [-0.25, -0.2) is 0 Å². The first-order chi connectivity index (χ1) is 5.63. The number of ketones is 1. The minimum atomic E-state index is -0.259. The maximum absolute atomic E-state index is 11.4. The number of benzene rings is 1. The van der Waals surface area contributed by atoms with E-state index in [9.17, 15) is 9.90 Å². The monoisotopic (exact) mass is 228 g/mol. The number of alkyl halides is 1.